The Balaban J connectivity index is 4.47. The molecule has 0 spiro atoms. The number of carbonyl (C=O) groups excluding carboxylic acids is 3. The summed E-state index contributed by atoms with van der Waals surface area (Å²) >= 11 is 0. The highest BCUT2D eigenvalue weighted by molar-refractivity contribution is 5.71. The molecule has 0 aliphatic rings. The number of hydrogen-bond acceptors (Lipinski definition) is 6. The third-order valence-electron chi connectivity index (χ3n) is 11.5. The summed E-state index contributed by atoms with van der Waals surface area (Å²) in [6.07, 6.45) is 77.6. The Labute approximate surface area is 424 Å². The normalized spacial score (nSPS) is 13.0. The van der Waals surface area contributed by atoms with Crippen LogP contribution >= 0.6 is 0 Å². The monoisotopic (exact) mass is 955 g/mol. The van der Waals surface area contributed by atoms with E-state index in [-0.39, 0.29) is 31.1 Å². The summed E-state index contributed by atoms with van der Waals surface area (Å²) in [4.78, 5) is 38.1. The number of ether oxygens (including phenoxy) is 3. The third kappa shape index (κ3) is 54.6. The van der Waals surface area contributed by atoms with Crippen LogP contribution in [0.3, 0.4) is 0 Å². The van der Waals surface area contributed by atoms with Gasteiger partial charge < -0.3 is 14.2 Å². The highest BCUT2D eigenvalue weighted by Crippen LogP contribution is 2.14. The predicted molar refractivity (Wildman–Crippen MR) is 297 cm³/mol. The Morgan fingerprint density at radius 1 is 0.304 bits per heavy atom. The lowest BCUT2D eigenvalue weighted by atomic mass is 10.1. The van der Waals surface area contributed by atoms with Gasteiger partial charge in [-0.25, -0.2) is 0 Å². The van der Waals surface area contributed by atoms with Gasteiger partial charge in [0, 0.05) is 19.3 Å². The van der Waals surface area contributed by atoms with Gasteiger partial charge in [0.25, 0.3) is 0 Å². The van der Waals surface area contributed by atoms with E-state index in [1.54, 1.807) is 0 Å². The van der Waals surface area contributed by atoms with Gasteiger partial charge in [0.15, 0.2) is 6.10 Å². The van der Waals surface area contributed by atoms with Crippen LogP contribution < -0.4 is 0 Å². The Morgan fingerprint density at radius 3 is 0.913 bits per heavy atom. The molecule has 0 aromatic heterocycles. The van der Waals surface area contributed by atoms with Gasteiger partial charge in [-0.1, -0.05) is 232 Å². The van der Waals surface area contributed by atoms with Crippen LogP contribution in [0.1, 0.15) is 239 Å². The van der Waals surface area contributed by atoms with Crippen LogP contribution in [-0.4, -0.2) is 37.2 Å². The van der Waals surface area contributed by atoms with Crippen LogP contribution in [0.15, 0.2) is 122 Å². The Morgan fingerprint density at radius 2 is 0.565 bits per heavy atom. The summed E-state index contributed by atoms with van der Waals surface area (Å²) in [5.74, 6) is -0.962. The molecule has 1 atom stereocenters. The number of allylic oxidation sites excluding steroid dienone is 20. The highest BCUT2D eigenvalue weighted by Gasteiger charge is 2.19. The van der Waals surface area contributed by atoms with Crippen molar-refractivity contribution in [3.63, 3.8) is 0 Å². The summed E-state index contributed by atoms with van der Waals surface area (Å²) in [7, 11) is 0. The molecule has 0 radical (unpaired) electrons. The molecule has 0 rings (SSSR count). The second kappa shape index (κ2) is 56.4. The minimum absolute atomic E-state index is 0.0994. The molecule has 0 N–H and O–H groups in total. The van der Waals surface area contributed by atoms with E-state index in [2.05, 4.69) is 142 Å². The van der Waals surface area contributed by atoms with Gasteiger partial charge >= 0.3 is 17.9 Å². The zero-order valence-corrected chi connectivity index (χ0v) is 44.5. The van der Waals surface area contributed by atoms with Crippen LogP contribution in [-0.2, 0) is 28.6 Å². The minimum Gasteiger partial charge on any atom is -0.462 e. The average Bonchev–Trinajstić information content (AvgIpc) is 3.35. The number of unbranched alkanes of at least 4 members (excludes halogenated alkanes) is 18. The first-order valence-corrected chi connectivity index (χ1v) is 28.0. The molecule has 6 nitrogen and oxygen atoms in total. The maximum absolute atomic E-state index is 12.8. The van der Waals surface area contributed by atoms with Gasteiger partial charge in [-0.2, -0.15) is 0 Å². The maximum Gasteiger partial charge on any atom is 0.306 e. The minimum atomic E-state index is -0.806. The molecule has 390 valence electrons. The van der Waals surface area contributed by atoms with Gasteiger partial charge in [0.05, 0.1) is 0 Å². The zero-order valence-electron chi connectivity index (χ0n) is 44.5. The van der Waals surface area contributed by atoms with Gasteiger partial charge in [0.1, 0.15) is 13.2 Å². The molecule has 0 saturated heterocycles. The van der Waals surface area contributed by atoms with E-state index >= 15 is 0 Å². The van der Waals surface area contributed by atoms with Crippen molar-refractivity contribution in [1.82, 2.24) is 0 Å². The second-order valence-electron chi connectivity index (χ2n) is 18.1. The van der Waals surface area contributed by atoms with Crippen molar-refractivity contribution in [2.75, 3.05) is 13.2 Å². The van der Waals surface area contributed by atoms with Gasteiger partial charge in [-0.15, -0.1) is 0 Å². The molecule has 0 aliphatic carbocycles. The summed E-state index contributed by atoms with van der Waals surface area (Å²) in [5, 5.41) is 0. The standard InChI is InChI=1S/C63H102O6/c1-4-7-10-13-16-19-22-24-26-28-30-31-33-34-36-38-41-44-47-50-53-56-62(65)68-59-60(58-67-61(64)55-52-49-46-43-40-21-18-15-12-9-6-3)69-63(66)57-54-51-48-45-42-39-37-35-32-29-27-25-23-20-17-14-11-8-5-2/h7-8,10-11,16-17,19-20,24-27,30-32,34-36,41,44,60H,4-6,9,12-15,18,21-23,28-29,33,37-40,42-43,45-59H2,1-3H3/b10-7-,11-8-,19-16-,20-17-,26-24-,27-25-,31-30-,35-32-,36-34-,44-41-. The molecule has 0 saturated carbocycles. The molecule has 0 amide bonds. The Kier molecular flexibility index (Phi) is 53.0. The van der Waals surface area contributed by atoms with Crippen molar-refractivity contribution in [1.29, 1.82) is 0 Å². The van der Waals surface area contributed by atoms with E-state index in [0.29, 0.717) is 25.7 Å². The average molecular weight is 956 g/mol. The first kappa shape index (κ1) is 64.8. The molecule has 0 fully saturated rings. The van der Waals surface area contributed by atoms with Gasteiger partial charge in [0.2, 0.25) is 0 Å². The van der Waals surface area contributed by atoms with Crippen molar-refractivity contribution in [2.24, 2.45) is 0 Å². The van der Waals surface area contributed by atoms with Gasteiger partial charge in [-0.3, -0.25) is 14.4 Å². The number of esters is 3. The fourth-order valence-electron chi connectivity index (χ4n) is 7.32. The van der Waals surface area contributed by atoms with Crippen LogP contribution in [0.4, 0.5) is 0 Å². The lowest BCUT2D eigenvalue weighted by Crippen LogP contribution is -2.30. The highest BCUT2D eigenvalue weighted by atomic mass is 16.6. The molecule has 0 aliphatic heterocycles. The third-order valence-corrected chi connectivity index (χ3v) is 11.5. The van der Waals surface area contributed by atoms with Crippen molar-refractivity contribution in [2.45, 2.75) is 245 Å². The SMILES string of the molecule is CC/C=C\C/C=C\C/C=C\C/C=C\C/C=C\C/C=C\CCCCC(=O)OCC(COC(=O)CCCCCCCCCCCCC)OC(=O)CCCCCCCC/C=C\C/C=C\C/C=C\C/C=C\CC. The number of carbonyl (C=O) groups is 3. The smallest absolute Gasteiger partial charge is 0.306 e. The number of hydrogen-bond donors (Lipinski definition) is 0. The Bertz CT molecular complexity index is 1470. The number of rotatable bonds is 49. The quantitative estimate of drug-likeness (QED) is 0.0262. The fourth-order valence-corrected chi connectivity index (χ4v) is 7.32. The molecule has 0 bridgehead atoms. The molecular formula is C63H102O6. The lowest BCUT2D eigenvalue weighted by molar-refractivity contribution is -0.167. The van der Waals surface area contributed by atoms with Crippen LogP contribution in [0.2, 0.25) is 0 Å². The van der Waals surface area contributed by atoms with Crippen molar-refractivity contribution in [3.05, 3.63) is 122 Å². The van der Waals surface area contributed by atoms with Crippen molar-refractivity contribution in [3.8, 4) is 0 Å². The first-order chi connectivity index (χ1) is 34.0. The van der Waals surface area contributed by atoms with E-state index < -0.39 is 6.10 Å². The van der Waals surface area contributed by atoms with Crippen molar-refractivity contribution < 1.29 is 28.6 Å². The predicted octanol–water partition coefficient (Wildman–Crippen LogP) is 18.9. The summed E-state index contributed by atoms with van der Waals surface area (Å²) in [5.41, 5.74) is 0. The van der Waals surface area contributed by atoms with Gasteiger partial charge in [-0.05, 0) is 109 Å². The Hall–Kier alpha value is -4.19. The van der Waals surface area contributed by atoms with E-state index in [0.717, 1.165) is 128 Å². The molecule has 0 aromatic carbocycles. The molecule has 69 heavy (non-hydrogen) atoms. The largest absolute Gasteiger partial charge is 0.462 e. The molecule has 0 aromatic rings. The van der Waals surface area contributed by atoms with Crippen molar-refractivity contribution >= 4 is 17.9 Å². The lowest BCUT2D eigenvalue weighted by Gasteiger charge is -2.18. The van der Waals surface area contributed by atoms with E-state index in [1.165, 1.54) is 64.2 Å². The first-order valence-electron chi connectivity index (χ1n) is 28.0. The molecule has 0 heterocycles. The molecule has 1 unspecified atom stereocenters. The summed E-state index contributed by atoms with van der Waals surface area (Å²) < 4.78 is 16.8. The second-order valence-corrected chi connectivity index (χ2v) is 18.1. The summed E-state index contributed by atoms with van der Waals surface area (Å²) in [6.45, 7) is 6.35. The van der Waals surface area contributed by atoms with Crippen LogP contribution in [0, 0.1) is 0 Å². The van der Waals surface area contributed by atoms with E-state index in [1.807, 2.05) is 0 Å². The van der Waals surface area contributed by atoms with Crippen LogP contribution in [0.25, 0.3) is 0 Å². The summed E-state index contributed by atoms with van der Waals surface area (Å²) in [6, 6.07) is 0. The molecule has 6 heteroatoms. The molecular weight excluding hydrogens is 853 g/mol. The maximum atomic E-state index is 12.8. The van der Waals surface area contributed by atoms with E-state index in [9.17, 15) is 14.4 Å². The zero-order chi connectivity index (χ0) is 50.0. The topological polar surface area (TPSA) is 78.9 Å². The fraction of sp³-hybridized carbons (Fsp3) is 0.635. The van der Waals surface area contributed by atoms with Crippen LogP contribution in [0.5, 0.6) is 0 Å². The van der Waals surface area contributed by atoms with E-state index in [4.69, 9.17) is 14.2 Å².